The molecule has 0 spiro atoms. The lowest BCUT2D eigenvalue weighted by molar-refractivity contribution is 0.0815. The predicted octanol–water partition coefficient (Wildman–Crippen LogP) is 1.92. The summed E-state index contributed by atoms with van der Waals surface area (Å²) < 4.78 is 1.68. The Morgan fingerprint density at radius 2 is 2.06 bits per heavy atom. The maximum Gasteiger partial charge on any atom is 0.214 e. The molecule has 96 valence electrons. The molecule has 0 saturated carbocycles. The van der Waals surface area contributed by atoms with Crippen LogP contribution in [0.3, 0.4) is 0 Å². The average molecular weight is 264 g/mol. The number of aliphatic hydroxyl groups is 1. The van der Waals surface area contributed by atoms with Gasteiger partial charge in [0, 0.05) is 5.75 Å². The van der Waals surface area contributed by atoms with Crippen LogP contribution in [0.15, 0.2) is 35.5 Å². The second-order valence-electron chi connectivity index (χ2n) is 4.35. The van der Waals surface area contributed by atoms with Crippen LogP contribution in [0.5, 0.6) is 0 Å². The normalized spacial score (nSPS) is 14.4. The molecular formula is C12H16N4OS. The smallest absolute Gasteiger partial charge is 0.214 e. The van der Waals surface area contributed by atoms with E-state index in [1.807, 2.05) is 44.2 Å². The lowest BCUT2D eigenvalue weighted by Gasteiger charge is -2.19. The van der Waals surface area contributed by atoms with E-state index in [1.165, 1.54) is 11.8 Å². The van der Waals surface area contributed by atoms with E-state index in [0.717, 1.165) is 5.69 Å². The maximum atomic E-state index is 9.98. The van der Waals surface area contributed by atoms with Crippen molar-refractivity contribution in [2.24, 2.45) is 0 Å². The molecule has 1 heterocycles. The second kappa shape index (κ2) is 5.49. The number of hydrogen-bond acceptors (Lipinski definition) is 5. The molecule has 0 bridgehead atoms. The molecule has 18 heavy (non-hydrogen) atoms. The molecule has 1 atom stereocenters. The van der Waals surface area contributed by atoms with E-state index in [0.29, 0.717) is 17.3 Å². The number of tetrazole rings is 1. The Labute approximate surface area is 110 Å². The molecule has 0 radical (unpaired) electrons. The Balaban J connectivity index is 2.14. The van der Waals surface area contributed by atoms with E-state index in [1.54, 1.807) is 4.68 Å². The van der Waals surface area contributed by atoms with Crippen LogP contribution in [0, 0.1) is 0 Å². The molecule has 0 aliphatic heterocycles. The monoisotopic (exact) mass is 264 g/mol. The lowest BCUT2D eigenvalue weighted by Crippen LogP contribution is -2.26. The van der Waals surface area contributed by atoms with Crippen molar-refractivity contribution >= 4 is 11.8 Å². The van der Waals surface area contributed by atoms with Crippen LogP contribution in [-0.2, 0) is 0 Å². The predicted molar refractivity (Wildman–Crippen MR) is 70.8 cm³/mol. The van der Waals surface area contributed by atoms with Crippen LogP contribution >= 0.6 is 11.8 Å². The molecule has 1 unspecified atom stereocenters. The Bertz CT molecular complexity index is 498. The Kier molecular flexibility index (Phi) is 3.98. The standard InChI is InChI=1S/C12H16N4OS/c1-3-12(2,17)9-18-11-13-14-15-16(11)10-7-5-4-6-8-10/h4-8,17H,3,9H2,1-2H3. The molecule has 6 heteroatoms. The van der Waals surface area contributed by atoms with E-state index in [4.69, 9.17) is 0 Å². The minimum absolute atomic E-state index is 0.566. The van der Waals surface area contributed by atoms with Gasteiger partial charge in [-0.2, -0.15) is 4.68 Å². The van der Waals surface area contributed by atoms with Gasteiger partial charge in [-0.1, -0.05) is 36.9 Å². The first-order valence-corrected chi connectivity index (χ1v) is 6.80. The zero-order chi connectivity index (χ0) is 13.0. The molecule has 1 N–H and O–H groups in total. The SMILES string of the molecule is CCC(C)(O)CSc1nnnn1-c1ccccc1. The van der Waals surface area contributed by atoms with Crippen LogP contribution in [-0.4, -0.2) is 36.7 Å². The second-order valence-corrected chi connectivity index (χ2v) is 5.29. The fraction of sp³-hybridized carbons (Fsp3) is 0.417. The van der Waals surface area contributed by atoms with Gasteiger partial charge in [0.25, 0.3) is 0 Å². The third-order valence-corrected chi connectivity index (χ3v) is 3.99. The highest BCUT2D eigenvalue weighted by Crippen LogP contribution is 2.23. The van der Waals surface area contributed by atoms with Crippen molar-refractivity contribution in [2.45, 2.75) is 31.0 Å². The first kappa shape index (κ1) is 13.0. The highest BCUT2D eigenvalue weighted by atomic mass is 32.2. The molecule has 5 nitrogen and oxygen atoms in total. The molecule has 0 aliphatic carbocycles. The molecule has 2 aromatic rings. The fourth-order valence-electron chi connectivity index (χ4n) is 1.32. The Hall–Kier alpha value is -1.40. The van der Waals surface area contributed by atoms with Gasteiger partial charge < -0.3 is 5.11 Å². The van der Waals surface area contributed by atoms with Gasteiger partial charge in [0.05, 0.1) is 11.3 Å². The minimum atomic E-state index is -0.696. The number of para-hydroxylation sites is 1. The molecule has 0 saturated heterocycles. The van der Waals surface area contributed by atoms with E-state index >= 15 is 0 Å². The van der Waals surface area contributed by atoms with Crippen LogP contribution in [0.1, 0.15) is 20.3 Å². The van der Waals surface area contributed by atoms with E-state index in [2.05, 4.69) is 15.5 Å². The number of nitrogens with zero attached hydrogens (tertiary/aromatic N) is 4. The van der Waals surface area contributed by atoms with Crippen molar-refractivity contribution in [2.75, 3.05) is 5.75 Å². The quantitative estimate of drug-likeness (QED) is 0.836. The van der Waals surface area contributed by atoms with Gasteiger partial charge in [-0.25, -0.2) is 0 Å². The highest BCUT2D eigenvalue weighted by Gasteiger charge is 2.20. The summed E-state index contributed by atoms with van der Waals surface area (Å²) in [6, 6.07) is 9.71. The molecule has 1 aromatic heterocycles. The summed E-state index contributed by atoms with van der Waals surface area (Å²) in [6.07, 6.45) is 0.701. The summed E-state index contributed by atoms with van der Waals surface area (Å²) in [5.41, 5.74) is 0.221. The number of benzene rings is 1. The van der Waals surface area contributed by atoms with Crippen molar-refractivity contribution in [3.05, 3.63) is 30.3 Å². The van der Waals surface area contributed by atoms with Crippen molar-refractivity contribution < 1.29 is 5.11 Å². The fourth-order valence-corrected chi connectivity index (χ4v) is 2.32. The topological polar surface area (TPSA) is 63.8 Å². The van der Waals surface area contributed by atoms with Crippen molar-refractivity contribution in [1.82, 2.24) is 20.2 Å². The van der Waals surface area contributed by atoms with Gasteiger partial charge in [0.2, 0.25) is 5.16 Å². The first-order valence-electron chi connectivity index (χ1n) is 5.81. The van der Waals surface area contributed by atoms with Crippen molar-refractivity contribution in [3.8, 4) is 5.69 Å². The summed E-state index contributed by atoms with van der Waals surface area (Å²) in [5.74, 6) is 0.566. The first-order chi connectivity index (χ1) is 8.62. The average Bonchev–Trinajstić information content (AvgIpc) is 2.86. The van der Waals surface area contributed by atoms with Gasteiger partial charge >= 0.3 is 0 Å². The number of rotatable bonds is 5. The summed E-state index contributed by atoms with van der Waals surface area (Å²) in [5, 5.41) is 22.3. The third-order valence-electron chi connectivity index (χ3n) is 2.72. The van der Waals surface area contributed by atoms with Gasteiger partial charge in [-0.05, 0) is 35.9 Å². The summed E-state index contributed by atoms with van der Waals surface area (Å²) >= 11 is 1.46. The van der Waals surface area contributed by atoms with Crippen LogP contribution in [0.2, 0.25) is 0 Å². The lowest BCUT2D eigenvalue weighted by atomic mass is 10.1. The Morgan fingerprint density at radius 3 is 2.72 bits per heavy atom. The molecule has 2 rings (SSSR count). The summed E-state index contributed by atoms with van der Waals surface area (Å²) in [4.78, 5) is 0. The van der Waals surface area contributed by atoms with Crippen LogP contribution in [0.25, 0.3) is 5.69 Å². The number of thioether (sulfide) groups is 1. The molecule has 0 aliphatic rings. The number of hydrogen-bond donors (Lipinski definition) is 1. The highest BCUT2D eigenvalue weighted by molar-refractivity contribution is 7.99. The molecule has 0 fully saturated rings. The molecule has 1 aromatic carbocycles. The van der Waals surface area contributed by atoms with Crippen molar-refractivity contribution in [1.29, 1.82) is 0 Å². The zero-order valence-electron chi connectivity index (χ0n) is 10.4. The van der Waals surface area contributed by atoms with E-state index < -0.39 is 5.60 Å². The molecule has 0 amide bonds. The van der Waals surface area contributed by atoms with Gasteiger partial charge in [0.15, 0.2) is 0 Å². The van der Waals surface area contributed by atoms with E-state index in [-0.39, 0.29) is 0 Å². The van der Waals surface area contributed by atoms with Crippen LogP contribution in [0.4, 0.5) is 0 Å². The summed E-state index contributed by atoms with van der Waals surface area (Å²) in [7, 11) is 0. The maximum absolute atomic E-state index is 9.98. The van der Waals surface area contributed by atoms with Gasteiger partial charge in [-0.15, -0.1) is 5.10 Å². The Morgan fingerprint density at radius 1 is 1.33 bits per heavy atom. The van der Waals surface area contributed by atoms with Crippen molar-refractivity contribution in [3.63, 3.8) is 0 Å². The zero-order valence-corrected chi connectivity index (χ0v) is 11.3. The summed E-state index contributed by atoms with van der Waals surface area (Å²) in [6.45, 7) is 3.78. The van der Waals surface area contributed by atoms with E-state index in [9.17, 15) is 5.11 Å². The third kappa shape index (κ3) is 3.08. The van der Waals surface area contributed by atoms with Gasteiger partial charge in [-0.3, -0.25) is 0 Å². The van der Waals surface area contributed by atoms with Crippen LogP contribution < -0.4 is 0 Å². The largest absolute Gasteiger partial charge is 0.389 e. The molecular weight excluding hydrogens is 248 g/mol. The number of aromatic nitrogens is 4. The van der Waals surface area contributed by atoms with Gasteiger partial charge in [0.1, 0.15) is 0 Å². The minimum Gasteiger partial charge on any atom is -0.389 e.